The molecule has 0 heterocycles. The Morgan fingerprint density at radius 3 is 2.27 bits per heavy atom. The first-order valence-electron chi connectivity index (χ1n) is 6.07. The van der Waals surface area contributed by atoms with Crippen LogP contribution >= 0.6 is 11.6 Å². The van der Waals surface area contributed by atoms with E-state index in [0.29, 0.717) is 12.8 Å². The lowest BCUT2D eigenvalue weighted by Gasteiger charge is -2.13. The molecule has 0 aromatic heterocycles. The van der Waals surface area contributed by atoms with Crippen LogP contribution in [0.4, 0.5) is 30.2 Å². The van der Waals surface area contributed by atoms with Crippen molar-refractivity contribution in [2.45, 2.75) is 25.9 Å². The summed E-state index contributed by atoms with van der Waals surface area (Å²) in [5.74, 6) is 0. The number of nitrogens with one attached hydrogen (secondary N) is 1. The zero-order chi connectivity index (χ0) is 17.1. The van der Waals surface area contributed by atoms with Crippen LogP contribution in [0.25, 0.3) is 0 Å². The van der Waals surface area contributed by atoms with E-state index in [9.17, 15) is 33.4 Å². The minimum atomic E-state index is -5.05. The summed E-state index contributed by atoms with van der Waals surface area (Å²) < 4.78 is 38.5. The third-order valence-electron chi connectivity index (χ3n) is 2.74. The van der Waals surface area contributed by atoms with Crippen LogP contribution in [0.2, 0.25) is 5.02 Å². The second kappa shape index (κ2) is 6.77. The molecule has 122 valence electrons. The monoisotopic (exact) mass is 341 g/mol. The van der Waals surface area contributed by atoms with E-state index in [1.165, 1.54) is 0 Å². The predicted octanol–water partition coefficient (Wildman–Crippen LogP) is 4.39. The Labute approximate surface area is 127 Å². The molecule has 0 saturated carbocycles. The molecule has 0 fully saturated rings. The fraction of sp³-hybridized carbons (Fsp3) is 0.455. The van der Waals surface area contributed by atoms with Gasteiger partial charge in [-0.05, 0) is 6.42 Å². The molecule has 0 aliphatic heterocycles. The molecule has 0 saturated heterocycles. The molecule has 1 N–H and O–H groups in total. The lowest BCUT2D eigenvalue weighted by molar-refractivity contribution is -0.392. The summed E-state index contributed by atoms with van der Waals surface area (Å²) >= 11 is 5.46. The summed E-state index contributed by atoms with van der Waals surface area (Å²) in [6.07, 6.45) is -3.84. The van der Waals surface area contributed by atoms with Gasteiger partial charge in [0, 0.05) is 12.6 Å². The van der Waals surface area contributed by atoms with E-state index in [1.54, 1.807) is 0 Å². The van der Waals surface area contributed by atoms with Crippen molar-refractivity contribution in [1.29, 1.82) is 0 Å². The van der Waals surface area contributed by atoms with Crippen molar-refractivity contribution in [3.05, 3.63) is 36.9 Å². The highest BCUT2D eigenvalue weighted by atomic mass is 35.5. The van der Waals surface area contributed by atoms with Gasteiger partial charge in [-0.2, -0.15) is 13.2 Å². The summed E-state index contributed by atoms with van der Waals surface area (Å²) in [7, 11) is 0. The first kappa shape index (κ1) is 18.0. The molecule has 1 rings (SSSR count). The molecule has 7 nitrogen and oxygen atoms in total. The Hall–Kier alpha value is -2.10. The van der Waals surface area contributed by atoms with Crippen LogP contribution in [-0.2, 0) is 6.18 Å². The van der Waals surface area contributed by atoms with Crippen molar-refractivity contribution in [2.75, 3.05) is 11.9 Å². The first-order chi connectivity index (χ1) is 10.1. The molecule has 0 amide bonds. The van der Waals surface area contributed by atoms with Crippen LogP contribution in [0.3, 0.4) is 0 Å². The minimum Gasteiger partial charge on any atom is -0.374 e. The topological polar surface area (TPSA) is 98.3 Å². The summed E-state index contributed by atoms with van der Waals surface area (Å²) in [5, 5.41) is 23.2. The molecule has 0 spiro atoms. The smallest absolute Gasteiger partial charge is 0.374 e. The Morgan fingerprint density at radius 2 is 1.86 bits per heavy atom. The summed E-state index contributed by atoms with van der Waals surface area (Å²) in [6.45, 7) is 1.93. The van der Waals surface area contributed by atoms with Gasteiger partial charge in [0.1, 0.15) is 5.02 Å². The van der Waals surface area contributed by atoms with E-state index in [2.05, 4.69) is 5.32 Å². The molecule has 11 heteroatoms. The van der Waals surface area contributed by atoms with Crippen molar-refractivity contribution >= 4 is 28.7 Å². The van der Waals surface area contributed by atoms with Crippen LogP contribution in [0, 0.1) is 20.2 Å². The van der Waals surface area contributed by atoms with Crippen LogP contribution in [0.1, 0.15) is 25.3 Å². The van der Waals surface area contributed by atoms with Gasteiger partial charge in [0.15, 0.2) is 5.69 Å². The van der Waals surface area contributed by atoms with Crippen molar-refractivity contribution < 1.29 is 23.0 Å². The summed E-state index contributed by atoms with van der Waals surface area (Å²) in [4.78, 5) is 19.7. The van der Waals surface area contributed by atoms with E-state index in [0.717, 1.165) is 0 Å². The fourth-order valence-corrected chi connectivity index (χ4v) is 2.04. The summed E-state index contributed by atoms with van der Waals surface area (Å²) in [5.41, 5.74) is -4.44. The number of nitro groups is 2. The van der Waals surface area contributed by atoms with E-state index in [1.807, 2.05) is 6.92 Å². The van der Waals surface area contributed by atoms with Crippen LogP contribution in [0.5, 0.6) is 0 Å². The number of hydrogen-bond donors (Lipinski definition) is 1. The predicted molar refractivity (Wildman–Crippen MR) is 73.2 cm³/mol. The number of halogens is 4. The number of alkyl halides is 3. The highest BCUT2D eigenvalue weighted by Crippen LogP contribution is 2.47. The van der Waals surface area contributed by atoms with Crippen LogP contribution in [0.15, 0.2) is 6.07 Å². The lowest BCUT2D eigenvalue weighted by Crippen LogP contribution is -2.12. The number of hydrogen-bond acceptors (Lipinski definition) is 5. The van der Waals surface area contributed by atoms with E-state index in [-0.39, 0.29) is 12.6 Å². The van der Waals surface area contributed by atoms with E-state index >= 15 is 0 Å². The zero-order valence-corrected chi connectivity index (χ0v) is 12.0. The van der Waals surface area contributed by atoms with Gasteiger partial charge in [0.25, 0.3) is 5.69 Å². The molecule has 0 bridgehead atoms. The van der Waals surface area contributed by atoms with E-state index < -0.39 is 43.7 Å². The van der Waals surface area contributed by atoms with Crippen molar-refractivity contribution in [2.24, 2.45) is 0 Å². The van der Waals surface area contributed by atoms with Crippen LogP contribution < -0.4 is 5.32 Å². The second-order valence-electron chi connectivity index (χ2n) is 4.27. The largest absolute Gasteiger partial charge is 0.418 e. The zero-order valence-electron chi connectivity index (χ0n) is 11.2. The number of anilines is 1. The highest BCUT2D eigenvalue weighted by Gasteiger charge is 2.41. The Bertz CT molecular complexity index is 607. The Kier molecular flexibility index (Phi) is 5.53. The first-order valence-corrected chi connectivity index (χ1v) is 6.45. The minimum absolute atomic E-state index is 0.125. The van der Waals surface area contributed by atoms with Gasteiger partial charge >= 0.3 is 11.9 Å². The maximum absolute atomic E-state index is 12.8. The Morgan fingerprint density at radius 1 is 1.27 bits per heavy atom. The van der Waals surface area contributed by atoms with Gasteiger partial charge in [0.05, 0.1) is 15.4 Å². The molecule has 0 unspecified atom stereocenters. The van der Waals surface area contributed by atoms with Crippen molar-refractivity contribution in [1.82, 2.24) is 0 Å². The summed E-state index contributed by atoms with van der Waals surface area (Å²) in [6, 6.07) is 0.198. The molecule has 0 aliphatic rings. The van der Waals surface area contributed by atoms with Crippen molar-refractivity contribution in [3.8, 4) is 0 Å². The fourth-order valence-electron chi connectivity index (χ4n) is 1.72. The number of benzene rings is 1. The average Bonchev–Trinajstić information content (AvgIpc) is 2.36. The third kappa shape index (κ3) is 3.75. The van der Waals surface area contributed by atoms with Crippen LogP contribution in [-0.4, -0.2) is 16.4 Å². The maximum atomic E-state index is 12.8. The van der Waals surface area contributed by atoms with Gasteiger partial charge in [-0.25, -0.2) is 0 Å². The van der Waals surface area contributed by atoms with Gasteiger partial charge in [0.2, 0.25) is 0 Å². The molecular weight excluding hydrogens is 331 g/mol. The number of nitro benzene ring substituents is 2. The number of rotatable bonds is 6. The molecule has 0 radical (unpaired) electrons. The lowest BCUT2D eigenvalue weighted by atomic mass is 10.1. The quantitative estimate of drug-likeness (QED) is 0.470. The van der Waals surface area contributed by atoms with Crippen molar-refractivity contribution in [3.63, 3.8) is 0 Å². The molecule has 22 heavy (non-hydrogen) atoms. The Balaban J connectivity index is 3.62. The normalized spacial score (nSPS) is 11.3. The molecule has 1 aromatic carbocycles. The molecule has 0 aliphatic carbocycles. The standard InChI is InChI=1S/C11H11ClF3N3O4/c1-2-3-4-16-9-7(17(19)20)5-6(11(13,14)15)8(12)10(9)18(21)22/h5,16H,2-4H2,1H3. The maximum Gasteiger partial charge on any atom is 0.418 e. The van der Waals surface area contributed by atoms with E-state index in [4.69, 9.17) is 11.6 Å². The highest BCUT2D eigenvalue weighted by molar-refractivity contribution is 6.34. The molecular formula is C11H11ClF3N3O4. The third-order valence-corrected chi connectivity index (χ3v) is 3.12. The number of unbranched alkanes of at least 4 members (excludes halogenated alkanes) is 1. The van der Waals surface area contributed by atoms with Gasteiger partial charge in [-0.15, -0.1) is 0 Å². The second-order valence-corrected chi connectivity index (χ2v) is 4.65. The van der Waals surface area contributed by atoms with Gasteiger partial charge < -0.3 is 5.32 Å². The SMILES string of the molecule is CCCCNc1c([N+](=O)[O-])cc(C(F)(F)F)c(Cl)c1[N+](=O)[O-]. The van der Waals surface area contributed by atoms with Gasteiger partial charge in [-0.1, -0.05) is 24.9 Å². The average molecular weight is 342 g/mol. The molecule has 1 aromatic rings. The molecule has 0 atom stereocenters. The number of nitrogens with zero attached hydrogens (tertiary/aromatic N) is 2. The van der Waals surface area contributed by atoms with Gasteiger partial charge in [-0.3, -0.25) is 20.2 Å².